The van der Waals surface area contributed by atoms with Crippen molar-refractivity contribution < 1.29 is 9.53 Å². The maximum atomic E-state index is 12.9. The lowest BCUT2D eigenvalue weighted by Crippen LogP contribution is -2.40. The molecule has 0 bridgehead atoms. The first-order valence-corrected chi connectivity index (χ1v) is 10.1. The predicted molar refractivity (Wildman–Crippen MR) is 103 cm³/mol. The van der Waals surface area contributed by atoms with Crippen LogP contribution < -0.4 is 4.74 Å². The highest BCUT2D eigenvalue weighted by Gasteiger charge is 2.29. The van der Waals surface area contributed by atoms with E-state index in [-0.39, 0.29) is 5.91 Å². The Kier molecular flexibility index (Phi) is 5.41. The molecule has 144 valence electrons. The Hall–Kier alpha value is -2.37. The largest absolute Gasteiger partial charge is 0.497 e. The summed E-state index contributed by atoms with van der Waals surface area (Å²) in [5, 5.41) is 8.97. The third-order valence-electron chi connectivity index (χ3n) is 5.77. The maximum absolute atomic E-state index is 12.9. The SMILES string of the molecule is COc1cccc(CC(=O)N2CCCC(c3nnc4n3CCCCC4)C2)c1. The van der Waals surface area contributed by atoms with E-state index in [9.17, 15) is 4.79 Å². The summed E-state index contributed by atoms with van der Waals surface area (Å²) in [5.74, 6) is 3.49. The van der Waals surface area contributed by atoms with Gasteiger partial charge in [0.2, 0.25) is 5.91 Å². The van der Waals surface area contributed by atoms with Gasteiger partial charge in [-0.3, -0.25) is 4.79 Å². The quantitative estimate of drug-likeness (QED) is 0.832. The normalized spacial score (nSPS) is 20.0. The number of methoxy groups -OCH3 is 1. The van der Waals surface area contributed by atoms with Gasteiger partial charge in [-0.1, -0.05) is 18.6 Å². The van der Waals surface area contributed by atoms with Gasteiger partial charge in [0.25, 0.3) is 0 Å². The van der Waals surface area contributed by atoms with Gasteiger partial charge in [-0.05, 0) is 43.4 Å². The van der Waals surface area contributed by atoms with Gasteiger partial charge in [-0.15, -0.1) is 10.2 Å². The second kappa shape index (κ2) is 8.11. The number of ether oxygens (including phenoxy) is 1. The zero-order valence-electron chi connectivity index (χ0n) is 16.1. The summed E-state index contributed by atoms with van der Waals surface area (Å²) in [6, 6.07) is 7.77. The minimum absolute atomic E-state index is 0.184. The number of nitrogens with zero attached hydrogens (tertiary/aromatic N) is 4. The lowest BCUT2D eigenvalue weighted by molar-refractivity contribution is -0.131. The lowest BCUT2D eigenvalue weighted by Gasteiger charge is -2.32. The van der Waals surface area contributed by atoms with E-state index in [1.807, 2.05) is 29.2 Å². The van der Waals surface area contributed by atoms with E-state index in [0.29, 0.717) is 12.3 Å². The van der Waals surface area contributed by atoms with Crippen molar-refractivity contribution in [3.63, 3.8) is 0 Å². The number of likely N-dealkylation sites (tertiary alicyclic amines) is 1. The van der Waals surface area contributed by atoms with Gasteiger partial charge < -0.3 is 14.2 Å². The Balaban J connectivity index is 1.45. The van der Waals surface area contributed by atoms with Crippen molar-refractivity contribution in [1.29, 1.82) is 0 Å². The van der Waals surface area contributed by atoms with Gasteiger partial charge in [-0.2, -0.15) is 0 Å². The molecule has 6 heteroatoms. The molecule has 3 heterocycles. The highest BCUT2D eigenvalue weighted by molar-refractivity contribution is 5.79. The fraction of sp³-hybridized carbons (Fsp3) is 0.571. The zero-order valence-corrected chi connectivity index (χ0v) is 16.1. The summed E-state index contributed by atoms with van der Waals surface area (Å²) in [4.78, 5) is 14.9. The van der Waals surface area contributed by atoms with Gasteiger partial charge in [-0.25, -0.2) is 0 Å². The van der Waals surface area contributed by atoms with E-state index < -0.39 is 0 Å². The number of aryl methyl sites for hydroxylation is 1. The molecule has 0 saturated carbocycles. The number of carbonyl (C=O) groups excluding carboxylic acids is 1. The Bertz CT molecular complexity index is 801. The fourth-order valence-corrected chi connectivity index (χ4v) is 4.29. The van der Waals surface area contributed by atoms with Gasteiger partial charge in [0.1, 0.15) is 17.4 Å². The van der Waals surface area contributed by atoms with Crippen LogP contribution >= 0.6 is 0 Å². The predicted octanol–water partition coefficient (Wildman–Crippen LogP) is 2.96. The topological polar surface area (TPSA) is 60.2 Å². The third-order valence-corrected chi connectivity index (χ3v) is 5.77. The van der Waals surface area contributed by atoms with Crippen molar-refractivity contribution in [1.82, 2.24) is 19.7 Å². The number of fused-ring (bicyclic) bond motifs is 1. The average Bonchev–Trinajstić information content (AvgIpc) is 2.96. The molecule has 1 atom stereocenters. The number of amides is 1. The van der Waals surface area contributed by atoms with Crippen LogP contribution in [0, 0.1) is 0 Å². The summed E-state index contributed by atoms with van der Waals surface area (Å²) < 4.78 is 7.60. The van der Waals surface area contributed by atoms with Crippen LogP contribution in [-0.2, 0) is 24.2 Å². The highest BCUT2D eigenvalue weighted by atomic mass is 16.5. The smallest absolute Gasteiger partial charge is 0.227 e. The Morgan fingerprint density at radius 3 is 3.00 bits per heavy atom. The number of benzene rings is 1. The number of carbonyl (C=O) groups is 1. The van der Waals surface area contributed by atoms with Crippen LogP contribution in [0.15, 0.2) is 24.3 Å². The molecule has 1 fully saturated rings. The van der Waals surface area contributed by atoms with Gasteiger partial charge in [0.15, 0.2) is 0 Å². The number of piperidine rings is 1. The fourth-order valence-electron chi connectivity index (χ4n) is 4.29. The van der Waals surface area contributed by atoms with Crippen LogP contribution in [0.3, 0.4) is 0 Å². The lowest BCUT2D eigenvalue weighted by atomic mass is 9.96. The molecule has 2 aliphatic rings. The molecule has 0 N–H and O–H groups in total. The first kappa shape index (κ1) is 18.0. The van der Waals surface area contributed by atoms with E-state index in [1.165, 1.54) is 19.3 Å². The molecule has 27 heavy (non-hydrogen) atoms. The molecule has 1 aromatic carbocycles. The molecule has 0 aliphatic carbocycles. The van der Waals surface area contributed by atoms with E-state index >= 15 is 0 Å². The molecule has 1 amide bonds. The third kappa shape index (κ3) is 3.99. The van der Waals surface area contributed by atoms with Crippen molar-refractivity contribution in [2.75, 3.05) is 20.2 Å². The molecule has 6 nitrogen and oxygen atoms in total. The highest BCUT2D eigenvalue weighted by Crippen LogP contribution is 2.28. The van der Waals surface area contributed by atoms with Gasteiger partial charge in [0.05, 0.1) is 13.5 Å². The van der Waals surface area contributed by atoms with E-state index in [2.05, 4.69) is 14.8 Å². The molecule has 0 spiro atoms. The number of hydrogen-bond acceptors (Lipinski definition) is 4. The van der Waals surface area contributed by atoms with Crippen LogP contribution in [0.25, 0.3) is 0 Å². The van der Waals surface area contributed by atoms with Crippen molar-refractivity contribution in [2.24, 2.45) is 0 Å². The molecular formula is C21H28N4O2. The van der Waals surface area contributed by atoms with Crippen LogP contribution in [0.2, 0.25) is 0 Å². The summed E-state index contributed by atoms with van der Waals surface area (Å²) in [5.41, 5.74) is 0.998. The van der Waals surface area contributed by atoms with Crippen molar-refractivity contribution in [3.05, 3.63) is 41.5 Å². The number of hydrogen-bond donors (Lipinski definition) is 0. The van der Waals surface area contributed by atoms with E-state index in [1.54, 1.807) is 7.11 Å². The summed E-state index contributed by atoms with van der Waals surface area (Å²) in [6.45, 7) is 2.60. The zero-order chi connectivity index (χ0) is 18.6. The molecule has 0 radical (unpaired) electrons. The van der Waals surface area contributed by atoms with Crippen molar-refractivity contribution >= 4 is 5.91 Å². The minimum Gasteiger partial charge on any atom is -0.497 e. The standard InChI is InChI=1S/C21H28N4O2/c1-27-18-9-5-7-16(13-18)14-20(26)24-11-6-8-17(15-24)21-23-22-19-10-3-2-4-12-25(19)21/h5,7,9,13,17H,2-4,6,8,10-12,14-15H2,1H3. The minimum atomic E-state index is 0.184. The summed E-state index contributed by atoms with van der Waals surface area (Å²) in [7, 11) is 1.65. The van der Waals surface area contributed by atoms with Crippen LogP contribution in [0.1, 0.15) is 55.2 Å². The van der Waals surface area contributed by atoms with Gasteiger partial charge >= 0.3 is 0 Å². The van der Waals surface area contributed by atoms with Crippen LogP contribution in [0.5, 0.6) is 5.75 Å². The Morgan fingerprint density at radius 2 is 2.11 bits per heavy atom. The molecule has 1 unspecified atom stereocenters. The molecule has 1 saturated heterocycles. The first-order chi connectivity index (χ1) is 13.2. The second-order valence-corrected chi connectivity index (χ2v) is 7.64. The number of aromatic nitrogens is 3. The molecule has 4 rings (SSSR count). The monoisotopic (exact) mass is 368 g/mol. The van der Waals surface area contributed by atoms with E-state index in [0.717, 1.165) is 61.9 Å². The second-order valence-electron chi connectivity index (χ2n) is 7.64. The first-order valence-electron chi connectivity index (χ1n) is 10.1. The van der Waals surface area contributed by atoms with E-state index in [4.69, 9.17) is 4.74 Å². The van der Waals surface area contributed by atoms with Crippen molar-refractivity contribution in [2.45, 2.75) is 57.4 Å². The number of rotatable bonds is 4. The maximum Gasteiger partial charge on any atom is 0.227 e. The molecular weight excluding hydrogens is 340 g/mol. The molecule has 1 aromatic heterocycles. The average molecular weight is 368 g/mol. The van der Waals surface area contributed by atoms with Crippen LogP contribution in [-0.4, -0.2) is 45.8 Å². The Labute approximate surface area is 160 Å². The molecule has 2 aromatic rings. The van der Waals surface area contributed by atoms with Gasteiger partial charge in [0, 0.05) is 32.0 Å². The van der Waals surface area contributed by atoms with Crippen LogP contribution in [0.4, 0.5) is 0 Å². The van der Waals surface area contributed by atoms with Crippen molar-refractivity contribution in [3.8, 4) is 5.75 Å². The Morgan fingerprint density at radius 1 is 1.19 bits per heavy atom. The summed E-state index contributed by atoms with van der Waals surface area (Å²) in [6.07, 6.45) is 7.22. The molecule has 2 aliphatic heterocycles. The summed E-state index contributed by atoms with van der Waals surface area (Å²) >= 11 is 0.